The van der Waals surface area contributed by atoms with Crippen LogP contribution in [-0.2, 0) is 14.8 Å². The number of carbonyl (C=O) groups is 1. The summed E-state index contributed by atoms with van der Waals surface area (Å²) < 4.78 is 28.1. The van der Waals surface area contributed by atoms with Crippen LogP contribution in [0.15, 0.2) is 78.0 Å². The SMILES string of the molecule is Cc1cc(NS(=O)(=O)c2ccc(NC(=O)C3CCCN(c4cc(-c5ccccc5)ncn4)C3)cc2)nc(C)n1. The minimum absolute atomic E-state index is 0.0660. The third-order valence-corrected chi connectivity index (χ3v) is 7.85. The van der Waals surface area contributed by atoms with Crippen molar-refractivity contribution in [2.24, 2.45) is 5.92 Å². The van der Waals surface area contributed by atoms with Crippen molar-refractivity contribution in [3.05, 3.63) is 84.6 Å². The van der Waals surface area contributed by atoms with Gasteiger partial charge in [0.05, 0.1) is 16.5 Å². The van der Waals surface area contributed by atoms with Crippen molar-refractivity contribution < 1.29 is 13.2 Å². The van der Waals surface area contributed by atoms with Crippen molar-refractivity contribution in [2.45, 2.75) is 31.6 Å². The van der Waals surface area contributed by atoms with Crippen LogP contribution in [0.3, 0.4) is 0 Å². The largest absolute Gasteiger partial charge is 0.356 e. The number of amides is 1. The number of hydrogen-bond acceptors (Lipinski definition) is 8. The second kappa shape index (κ2) is 11.2. The van der Waals surface area contributed by atoms with Gasteiger partial charge < -0.3 is 10.2 Å². The molecule has 200 valence electrons. The lowest BCUT2D eigenvalue weighted by Gasteiger charge is -2.33. The molecule has 2 aromatic carbocycles. The van der Waals surface area contributed by atoms with Crippen LogP contribution in [0.1, 0.15) is 24.4 Å². The van der Waals surface area contributed by atoms with E-state index in [1.165, 1.54) is 12.1 Å². The van der Waals surface area contributed by atoms with E-state index in [0.717, 1.165) is 36.5 Å². The second-order valence-electron chi connectivity index (χ2n) is 9.47. The van der Waals surface area contributed by atoms with Gasteiger partial charge in [-0.15, -0.1) is 0 Å². The Morgan fingerprint density at radius 2 is 1.74 bits per heavy atom. The van der Waals surface area contributed by atoms with Gasteiger partial charge in [-0.3, -0.25) is 9.52 Å². The summed E-state index contributed by atoms with van der Waals surface area (Å²) in [5.74, 6) is 1.13. The average molecular weight is 544 g/mol. The summed E-state index contributed by atoms with van der Waals surface area (Å²) in [6, 6.07) is 19.5. The van der Waals surface area contributed by atoms with E-state index >= 15 is 0 Å². The van der Waals surface area contributed by atoms with E-state index in [-0.39, 0.29) is 22.5 Å². The van der Waals surface area contributed by atoms with Crippen LogP contribution in [0.25, 0.3) is 11.3 Å². The highest BCUT2D eigenvalue weighted by atomic mass is 32.2. The predicted octanol–water partition coefficient (Wildman–Crippen LogP) is 4.21. The molecule has 1 fully saturated rings. The molecular weight excluding hydrogens is 514 g/mol. The molecule has 0 aliphatic carbocycles. The maximum absolute atomic E-state index is 13.1. The zero-order valence-corrected chi connectivity index (χ0v) is 22.5. The van der Waals surface area contributed by atoms with Crippen molar-refractivity contribution in [3.8, 4) is 11.3 Å². The topological polar surface area (TPSA) is 130 Å². The molecule has 5 rings (SSSR count). The van der Waals surface area contributed by atoms with E-state index in [1.54, 1.807) is 38.4 Å². The Hall–Kier alpha value is -4.38. The number of rotatable bonds is 7. The van der Waals surface area contributed by atoms with E-state index in [0.29, 0.717) is 23.8 Å². The molecule has 1 atom stereocenters. The molecule has 0 spiro atoms. The van der Waals surface area contributed by atoms with Crippen molar-refractivity contribution in [3.63, 3.8) is 0 Å². The van der Waals surface area contributed by atoms with Crippen LogP contribution in [0.4, 0.5) is 17.3 Å². The van der Waals surface area contributed by atoms with E-state index < -0.39 is 10.0 Å². The number of nitrogens with one attached hydrogen (secondary N) is 2. The fourth-order valence-electron chi connectivity index (χ4n) is 4.61. The smallest absolute Gasteiger partial charge is 0.263 e. The van der Waals surface area contributed by atoms with Gasteiger partial charge in [0.2, 0.25) is 5.91 Å². The fraction of sp³-hybridized carbons (Fsp3) is 0.250. The van der Waals surface area contributed by atoms with E-state index in [2.05, 4.69) is 34.9 Å². The Bertz CT molecular complexity index is 1560. The summed E-state index contributed by atoms with van der Waals surface area (Å²) in [5, 5.41) is 2.93. The molecule has 1 saturated heterocycles. The average Bonchev–Trinajstić information content (AvgIpc) is 2.93. The molecule has 3 heterocycles. The number of hydrogen-bond donors (Lipinski definition) is 2. The van der Waals surface area contributed by atoms with E-state index in [9.17, 15) is 13.2 Å². The Kier molecular flexibility index (Phi) is 7.51. The Balaban J connectivity index is 1.23. The molecule has 1 amide bonds. The van der Waals surface area contributed by atoms with Crippen molar-refractivity contribution in [2.75, 3.05) is 28.0 Å². The maximum atomic E-state index is 13.1. The molecule has 1 aliphatic rings. The third kappa shape index (κ3) is 6.37. The Morgan fingerprint density at radius 1 is 0.974 bits per heavy atom. The highest BCUT2D eigenvalue weighted by Crippen LogP contribution is 2.26. The van der Waals surface area contributed by atoms with Gasteiger partial charge in [-0.2, -0.15) is 0 Å². The molecule has 10 nitrogen and oxygen atoms in total. The van der Waals surface area contributed by atoms with Gasteiger partial charge >= 0.3 is 0 Å². The summed E-state index contributed by atoms with van der Waals surface area (Å²) >= 11 is 0. The number of anilines is 3. The first kappa shape index (κ1) is 26.2. The number of sulfonamides is 1. The normalized spacial score (nSPS) is 15.5. The van der Waals surface area contributed by atoms with Crippen LogP contribution in [0.5, 0.6) is 0 Å². The number of nitrogens with zero attached hydrogens (tertiary/aromatic N) is 5. The first-order chi connectivity index (χ1) is 18.8. The quantitative estimate of drug-likeness (QED) is 0.355. The lowest BCUT2D eigenvalue weighted by Crippen LogP contribution is -2.41. The standard InChI is InChI=1S/C28H29N7O3S/c1-19-15-26(32-20(2)31-19)34-39(37,38)24-12-10-23(11-13-24)33-28(36)22-9-6-14-35(17-22)27-16-25(29-18-30-27)21-7-4-3-5-8-21/h3-5,7-8,10-13,15-16,18,22H,6,9,14,17H2,1-2H3,(H,33,36)(H,31,32,34). The zero-order valence-electron chi connectivity index (χ0n) is 21.7. The Labute approximate surface area is 227 Å². The molecule has 1 unspecified atom stereocenters. The molecule has 4 aromatic rings. The minimum atomic E-state index is -3.85. The van der Waals surface area contributed by atoms with E-state index in [1.807, 2.05) is 36.4 Å². The molecule has 0 saturated carbocycles. The highest BCUT2D eigenvalue weighted by molar-refractivity contribution is 7.92. The predicted molar refractivity (Wildman–Crippen MR) is 150 cm³/mol. The number of benzene rings is 2. The number of aryl methyl sites for hydroxylation is 2. The molecule has 0 bridgehead atoms. The summed E-state index contributed by atoms with van der Waals surface area (Å²) in [6.07, 6.45) is 3.17. The fourth-order valence-corrected chi connectivity index (χ4v) is 5.61. The molecule has 11 heteroatoms. The van der Waals surface area contributed by atoms with Crippen molar-refractivity contribution in [1.82, 2.24) is 19.9 Å². The van der Waals surface area contributed by atoms with Crippen LogP contribution in [0, 0.1) is 19.8 Å². The van der Waals surface area contributed by atoms with Crippen molar-refractivity contribution in [1.29, 1.82) is 0 Å². The second-order valence-corrected chi connectivity index (χ2v) is 11.2. The van der Waals surface area contributed by atoms with Crippen LogP contribution in [0.2, 0.25) is 0 Å². The lowest BCUT2D eigenvalue weighted by molar-refractivity contribution is -0.120. The van der Waals surface area contributed by atoms with Gasteiger partial charge in [0, 0.05) is 42.2 Å². The molecule has 0 radical (unpaired) electrons. The van der Waals surface area contributed by atoms with E-state index in [4.69, 9.17) is 0 Å². The zero-order chi connectivity index (χ0) is 27.4. The number of aromatic nitrogens is 4. The number of piperidine rings is 1. The maximum Gasteiger partial charge on any atom is 0.263 e. The Morgan fingerprint density at radius 3 is 2.49 bits per heavy atom. The van der Waals surface area contributed by atoms with Gasteiger partial charge in [0.1, 0.15) is 23.8 Å². The summed E-state index contributed by atoms with van der Waals surface area (Å²) in [7, 11) is -3.85. The summed E-state index contributed by atoms with van der Waals surface area (Å²) in [5.41, 5.74) is 3.03. The first-order valence-electron chi connectivity index (χ1n) is 12.7. The van der Waals surface area contributed by atoms with Gasteiger partial charge in [0.15, 0.2) is 0 Å². The minimum Gasteiger partial charge on any atom is -0.356 e. The lowest BCUT2D eigenvalue weighted by atomic mass is 9.97. The van der Waals surface area contributed by atoms with Gasteiger partial charge in [-0.25, -0.2) is 28.4 Å². The van der Waals surface area contributed by atoms with Crippen LogP contribution < -0.4 is 14.9 Å². The summed E-state index contributed by atoms with van der Waals surface area (Å²) in [4.78, 5) is 32.4. The molecular formula is C28H29N7O3S. The molecule has 1 aliphatic heterocycles. The molecule has 2 aromatic heterocycles. The highest BCUT2D eigenvalue weighted by Gasteiger charge is 2.27. The third-order valence-electron chi connectivity index (χ3n) is 6.48. The van der Waals surface area contributed by atoms with Crippen LogP contribution in [-0.4, -0.2) is 47.4 Å². The van der Waals surface area contributed by atoms with Crippen molar-refractivity contribution >= 4 is 33.3 Å². The van der Waals surface area contributed by atoms with Crippen LogP contribution >= 0.6 is 0 Å². The summed E-state index contributed by atoms with van der Waals surface area (Å²) in [6.45, 7) is 4.81. The van der Waals surface area contributed by atoms with Gasteiger partial charge in [0.25, 0.3) is 10.0 Å². The van der Waals surface area contributed by atoms with Gasteiger partial charge in [-0.1, -0.05) is 30.3 Å². The number of carbonyl (C=O) groups excluding carboxylic acids is 1. The molecule has 2 N–H and O–H groups in total. The van der Waals surface area contributed by atoms with Gasteiger partial charge in [-0.05, 0) is 51.0 Å². The first-order valence-corrected chi connectivity index (χ1v) is 14.1. The molecule has 39 heavy (non-hydrogen) atoms. The monoisotopic (exact) mass is 543 g/mol.